The predicted molar refractivity (Wildman–Crippen MR) is 57.2 cm³/mol. The van der Waals surface area contributed by atoms with Crippen molar-refractivity contribution in [3.63, 3.8) is 0 Å². The van der Waals surface area contributed by atoms with Gasteiger partial charge in [0.2, 0.25) is 0 Å². The normalized spacial score (nSPS) is 21.6. The van der Waals surface area contributed by atoms with Crippen LogP contribution in [0.3, 0.4) is 0 Å². The lowest BCUT2D eigenvalue weighted by molar-refractivity contribution is 0.188. The van der Waals surface area contributed by atoms with Crippen LogP contribution in [-0.2, 0) is 0 Å². The van der Waals surface area contributed by atoms with E-state index in [0.717, 1.165) is 13.1 Å². The van der Waals surface area contributed by atoms with Crippen LogP contribution < -0.4 is 5.32 Å². The second kappa shape index (κ2) is 4.22. The molecule has 3 heteroatoms. The average molecular weight is 196 g/mol. The first-order valence-electron chi connectivity index (χ1n) is 4.86. The lowest BCUT2D eigenvalue weighted by atomic mass is 10.2. The van der Waals surface area contributed by atoms with Crippen LogP contribution in [0.1, 0.15) is 17.8 Å². The van der Waals surface area contributed by atoms with Crippen LogP contribution in [0.2, 0.25) is 0 Å². The Balaban J connectivity index is 1.99. The number of nitrogens with zero attached hydrogens (tertiary/aromatic N) is 1. The average Bonchev–Trinajstić information content (AvgIpc) is 2.71. The number of nitrogens with one attached hydrogen (secondary N) is 1. The van der Waals surface area contributed by atoms with Crippen molar-refractivity contribution >= 4 is 11.3 Å². The Morgan fingerprint density at radius 1 is 1.46 bits per heavy atom. The van der Waals surface area contributed by atoms with Gasteiger partial charge < -0.3 is 5.32 Å². The number of hydrogen-bond donors (Lipinski definition) is 1. The summed E-state index contributed by atoms with van der Waals surface area (Å²) in [6.45, 7) is 6.93. The van der Waals surface area contributed by atoms with Gasteiger partial charge in [0.1, 0.15) is 0 Å². The zero-order valence-electron chi connectivity index (χ0n) is 7.99. The predicted octanol–water partition coefficient (Wildman–Crippen LogP) is 1.71. The summed E-state index contributed by atoms with van der Waals surface area (Å²) < 4.78 is 0. The topological polar surface area (TPSA) is 15.3 Å². The fourth-order valence-corrected chi connectivity index (χ4v) is 2.60. The molecule has 1 aliphatic heterocycles. The summed E-state index contributed by atoms with van der Waals surface area (Å²) in [5.41, 5.74) is 0. The first kappa shape index (κ1) is 9.19. The van der Waals surface area contributed by atoms with Crippen LogP contribution in [0.25, 0.3) is 0 Å². The van der Waals surface area contributed by atoms with Gasteiger partial charge in [0.15, 0.2) is 0 Å². The zero-order valence-corrected chi connectivity index (χ0v) is 8.81. The SMILES string of the molecule is C[C@H](c1cccs1)N1CCNCC1. The third-order valence-electron chi connectivity index (χ3n) is 2.65. The van der Waals surface area contributed by atoms with Crippen molar-refractivity contribution in [3.8, 4) is 0 Å². The number of piperazine rings is 1. The van der Waals surface area contributed by atoms with Crippen LogP contribution in [0.4, 0.5) is 0 Å². The molecule has 2 heterocycles. The Kier molecular flexibility index (Phi) is 2.98. The van der Waals surface area contributed by atoms with Gasteiger partial charge in [-0.2, -0.15) is 0 Å². The van der Waals surface area contributed by atoms with Gasteiger partial charge in [-0.3, -0.25) is 4.90 Å². The van der Waals surface area contributed by atoms with Gasteiger partial charge in [0.25, 0.3) is 0 Å². The minimum Gasteiger partial charge on any atom is -0.314 e. The van der Waals surface area contributed by atoms with Crippen molar-refractivity contribution in [3.05, 3.63) is 22.4 Å². The molecule has 2 rings (SSSR count). The summed E-state index contributed by atoms with van der Waals surface area (Å²) in [6, 6.07) is 4.97. The van der Waals surface area contributed by atoms with Gasteiger partial charge in [-0.25, -0.2) is 0 Å². The van der Waals surface area contributed by atoms with E-state index in [1.807, 2.05) is 11.3 Å². The summed E-state index contributed by atoms with van der Waals surface area (Å²) in [4.78, 5) is 4.03. The molecule has 0 saturated carbocycles. The number of rotatable bonds is 2. The maximum atomic E-state index is 3.38. The van der Waals surface area contributed by atoms with Crippen molar-refractivity contribution in [2.45, 2.75) is 13.0 Å². The molecule has 0 aromatic carbocycles. The molecular weight excluding hydrogens is 180 g/mol. The van der Waals surface area contributed by atoms with Gasteiger partial charge in [0.05, 0.1) is 0 Å². The van der Waals surface area contributed by atoms with E-state index >= 15 is 0 Å². The fourth-order valence-electron chi connectivity index (χ4n) is 1.78. The molecule has 0 unspecified atom stereocenters. The van der Waals surface area contributed by atoms with Gasteiger partial charge in [-0.05, 0) is 18.4 Å². The second-order valence-electron chi connectivity index (χ2n) is 3.48. The monoisotopic (exact) mass is 196 g/mol. The smallest absolute Gasteiger partial charge is 0.0414 e. The lowest BCUT2D eigenvalue weighted by Crippen LogP contribution is -2.44. The van der Waals surface area contributed by atoms with E-state index in [2.05, 4.69) is 34.7 Å². The van der Waals surface area contributed by atoms with Crippen LogP contribution >= 0.6 is 11.3 Å². The first-order valence-corrected chi connectivity index (χ1v) is 5.74. The van der Waals surface area contributed by atoms with E-state index in [4.69, 9.17) is 0 Å². The van der Waals surface area contributed by atoms with Crippen LogP contribution in [0.15, 0.2) is 17.5 Å². The Morgan fingerprint density at radius 3 is 2.85 bits per heavy atom. The van der Waals surface area contributed by atoms with Gasteiger partial charge in [0, 0.05) is 37.1 Å². The van der Waals surface area contributed by atoms with Crippen molar-refractivity contribution in [1.29, 1.82) is 0 Å². The lowest BCUT2D eigenvalue weighted by Gasteiger charge is -2.32. The molecule has 2 nitrogen and oxygen atoms in total. The van der Waals surface area contributed by atoms with Gasteiger partial charge in [-0.1, -0.05) is 6.07 Å². The molecule has 0 amide bonds. The summed E-state index contributed by atoms with van der Waals surface area (Å²) in [6.07, 6.45) is 0. The van der Waals surface area contributed by atoms with E-state index in [1.165, 1.54) is 18.0 Å². The molecule has 1 atom stereocenters. The maximum absolute atomic E-state index is 3.38. The molecular formula is C10H16N2S. The van der Waals surface area contributed by atoms with E-state index in [1.54, 1.807) is 0 Å². The molecule has 1 aliphatic rings. The van der Waals surface area contributed by atoms with Crippen LogP contribution in [-0.4, -0.2) is 31.1 Å². The quantitative estimate of drug-likeness (QED) is 0.774. The minimum atomic E-state index is 0.599. The Hall–Kier alpha value is -0.380. The number of thiophene rings is 1. The Bertz CT molecular complexity index is 239. The molecule has 72 valence electrons. The summed E-state index contributed by atoms with van der Waals surface area (Å²) in [5, 5.41) is 5.54. The van der Waals surface area contributed by atoms with E-state index in [9.17, 15) is 0 Å². The molecule has 0 aliphatic carbocycles. The molecule has 13 heavy (non-hydrogen) atoms. The third-order valence-corrected chi connectivity index (χ3v) is 3.70. The van der Waals surface area contributed by atoms with Crippen LogP contribution in [0, 0.1) is 0 Å². The molecule has 1 fully saturated rings. The zero-order chi connectivity index (χ0) is 9.10. The van der Waals surface area contributed by atoms with E-state index in [-0.39, 0.29) is 0 Å². The third kappa shape index (κ3) is 2.10. The molecule has 0 spiro atoms. The van der Waals surface area contributed by atoms with E-state index in [0.29, 0.717) is 6.04 Å². The van der Waals surface area contributed by atoms with Gasteiger partial charge >= 0.3 is 0 Å². The highest BCUT2D eigenvalue weighted by Crippen LogP contribution is 2.24. The Morgan fingerprint density at radius 2 is 2.23 bits per heavy atom. The second-order valence-corrected chi connectivity index (χ2v) is 4.46. The summed E-state index contributed by atoms with van der Waals surface area (Å²) in [7, 11) is 0. The minimum absolute atomic E-state index is 0.599. The molecule has 1 saturated heterocycles. The van der Waals surface area contributed by atoms with Crippen molar-refractivity contribution in [2.24, 2.45) is 0 Å². The molecule has 1 aromatic rings. The molecule has 0 bridgehead atoms. The Labute approximate surface area is 83.6 Å². The summed E-state index contributed by atoms with van der Waals surface area (Å²) in [5.74, 6) is 0. The van der Waals surface area contributed by atoms with Crippen LogP contribution in [0.5, 0.6) is 0 Å². The standard InChI is InChI=1S/C10H16N2S/c1-9(10-3-2-8-13-10)12-6-4-11-5-7-12/h2-3,8-9,11H,4-7H2,1H3/t9-/m1/s1. The van der Waals surface area contributed by atoms with Crippen molar-refractivity contribution in [2.75, 3.05) is 26.2 Å². The molecule has 1 N–H and O–H groups in total. The highest BCUT2D eigenvalue weighted by Gasteiger charge is 2.17. The molecule has 1 aromatic heterocycles. The highest BCUT2D eigenvalue weighted by atomic mass is 32.1. The molecule has 0 radical (unpaired) electrons. The van der Waals surface area contributed by atoms with Gasteiger partial charge in [-0.15, -0.1) is 11.3 Å². The van der Waals surface area contributed by atoms with Crippen molar-refractivity contribution < 1.29 is 0 Å². The highest BCUT2D eigenvalue weighted by molar-refractivity contribution is 7.10. The first-order chi connectivity index (χ1) is 6.38. The largest absolute Gasteiger partial charge is 0.314 e. The summed E-state index contributed by atoms with van der Waals surface area (Å²) >= 11 is 1.86. The maximum Gasteiger partial charge on any atom is 0.0414 e. The number of hydrogen-bond acceptors (Lipinski definition) is 3. The fraction of sp³-hybridized carbons (Fsp3) is 0.600. The van der Waals surface area contributed by atoms with E-state index < -0.39 is 0 Å². The van der Waals surface area contributed by atoms with Crippen molar-refractivity contribution in [1.82, 2.24) is 10.2 Å².